The second kappa shape index (κ2) is 5.00. The molecule has 3 aromatic rings. The molecule has 0 amide bonds. The Morgan fingerprint density at radius 2 is 1.85 bits per heavy atom. The summed E-state index contributed by atoms with van der Waals surface area (Å²) in [5.41, 5.74) is 0.223. The minimum absolute atomic E-state index is 0.126. The average Bonchev–Trinajstić information content (AvgIpc) is 2.48. The van der Waals surface area contributed by atoms with Crippen LogP contribution < -0.4 is 15.0 Å². The first kappa shape index (κ1) is 12.2. The van der Waals surface area contributed by atoms with E-state index in [0.717, 1.165) is 5.75 Å². The van der Waals surface area contributed by atoms with Gasteiger partial charge in [0.1, 0.15) is 11.5 Å². The number of methoxy groups -OCH3 is 1. The molecule has 0 saturated heterocycles. The Morgan fingerprint density at radius 3 is 2.60 bits per heavy atom. The van der Waals surface area contributed by atoms with E-state index in [1.54, 1.807) is 43.6 Å². The van der Waals surface area contributed by atoms with E-state index < -0.39 is 0 Å². The molecule has 0 aliphatic carbocycles. The molecule has 0 saturated carbocycles. The van der Waals surface area contributed by atoms with E-state index >= 15 is 0 Å². The summed E-state index contributed by atoms with van der Waals surface area (Å²) < 4.78 is 10.6. The standard InChI is InChI=1S/C14H11N3O3/c1-19-9-2-4-10(5-3-9)20-14-16-12-8-15-7-6-11(12)13(18)17-14/h2-8H,1H3,(H,16,17,18). The maximum atomic E-state index is 11.9. The highest BCUT2D eigenvalue weighted by Gasteiger charge is 2.05. The minimum Gasteiger partial charge on any atom is -0.497 e. The van der Waals surface area contributed by atoms with Crippen LogP contribution in [0.5, 0.6) is 17.5 Å². The third-order valence-electron chi connectivity index (χ3n) is 2.76. The number of pyridine rings is 1. The second-order valence-corrected chi connectivity index (χ2v) is 4.04. The lowest BCUT2D eigenvalue weighted by atomic mass is 10.3. The van der Waals surface area contributed by atoms with Crippen LogP contribution in [0.25, 0.3) is 10.9 Å². The third-order valence-corrected chi connectivity index (χ3v) is 2.76. The number of ether oxygens (including phenoxy) is 2. The highest BCUT2D eigenvalue weighted by Crippen LogP contribution is 2.21. The second-order valence-electron chi connectivity index (χ2n) is 4.04. The molecule has 1 aromatic carbocycles. The Morgan fingerprint density at radius 1 is 1.10 bits per heavy atom. The van der Waals surface area contributed by atoms with Crippen molar-refractivity contribution in [1.82, 2.24) is 15.0 Å². The van der Waals surface area contributed by atoms with Crippen LogP contribution in [0.2, 0.25) is 0 Å². The van der Waals surface area contributed by atoms with Gasteiger partial charge in [-0.2, -0.15) is 4.98 Å². The van der Waals surface area contributed by atoms with Gasteiger partial charge < -0.3 is 9.47 Å². The lowest BCUT2D eigenvalue weighted by Crippen LogP contribution is -2.09. The first-order valence-corrected chi connectivity index (χ1v) is 5.92. The van der Waals surface area contributed by atoms with Gasteiger partial charge in [0.15, 0.2) is 0 Å². The summed E-state index contributed by atoms with van der Waals surface area (Å²) in [7, 11) is 1.59. The van der Waals surface area contributed by atoms with E-state index in [9.17, 15) is 4.79 Å². The van der Waals surface area contributed by atoms with Crippen molar-refractivity contribution in [2.75, 3.05) is 7.11 Å². The average molecular weight is 269 g/mol. The van der Waals surface area contributed by atoms with Gasteiger partial charge in [0.2, 0.25) is 0 Å². The molecular formula is C14H11N3O3. The molecule has 6 heteroatoms. The summed E-state index contributed by atoms with van der Waals surface area (Å²) in [4.78, 5) is 22.6. The predicted octanol–water partition coefficient (Wildman–Crippen LogP) is 2.12. The lowest BCUT2D eigenvalue weighted by Gasteiger charge is -2.06. The largest absolute Gasteiger partial charge is 0.497 e. The lowest BCUT2D eigenvalue weighted by molar-refractivity contribution is 0.410. The van der Waals surface area contributed by atoms with E-state index in [4.69, 9.17) is 9.47 Å². The molecule has 3 rings (SSSR count). The molecule has 0 aliphatic rings. The Kier molecular flexibility index (Phi) is 3.04. The number of rotatable bonds is 3. The van der Waals surface area contributed by atoms with Crippen molar-refractivity contribution in [3.63, 3.8) is 0 Å². The summed E-state index contributed by atoms with van der Waals surface area (Å²) in [6.45, 7) is 0. The molecule has 0 atom stereocenters. The van der Waals surface area contributed by atoms with Gasteiger partial charge in [0, 0.05) is 6.20 Å². The van der Waals surface area contributed by atoms with Crippen molar-refractivity contribution in [2.24, 2.45) is 0 Å². The first-order chi connectivity index (χ1) is 9.76. The quantitative estimate of drug-likeness (QED) is 0.788. The molecule has 6 nitrogen and oxygen atoms in total. The Bertz CT molecular complexity index is 797. The van der Waals surface area contributed by atoms with Crippen LogP contribution >= 0.6 is 0 Å². The monoisotopic (exact) mass is 269 g/mol. The van der Waals surface area contributed by atoms with Gasteiger partial charge in [-0.05, 0) is 30.3 Å². The molecule has 2 aromatic heterocycles. The van der Waals surface area contributed by atoms with Crippen molar-refractivity contribution in [1.29, 1.82) is 0 Å². The fourth-order valence-corrected chi connectivity index (χ4v) is 1.77. The Balaban J connectivity index is 1.96. The molecule has 0 spiro atoms. The maximum Gasteiger partial charge on any atom is 0.302 e. The van der Waals surface area contributed by atoms with Crippen LogP contribution in [0.4, 0.5) is 0 Å². The highest BCUT2D eigenvalue weighted by molar-refractivity contribution is 5.76. The van der Waals surface area contributed by atoms with Crippen molar-refractivity contribution in [2.45, 2.75) is 0 Å². The highest BCUT2D eigenvalue weighted by atomic mass is 16.5. The van der Waals surface area contributed by atoms with Crippen molar-refractivity contribution >= 4 is 10.9 Å². The van der Waals surface area contributed by atoms with E-state index in [1.165, 1.54) is 6.20 Å². The Hall–Kier alpha value is -2.89. The zero-order valence-electron chi connectivity index (χ0n) is 10.7. The molecule has 0 unspecified atom stereocenters. The molecule has 0 bridgehead atoms. The van der Waals surface area contributed by atoms with Gasteiger partial charge in [0.25, 0.3) is 5.56 Å². The van der Waals surface area contributed by atoms with Crippen LogP contribution in [-0.2, 0) is 0 Å². The fraction of sp³-hybridized carbons (Fsp3) is 0.0714. The molecule has 1 N–H and O–H groups in total. The van der Waals surface area contributed by atoms with Gasteiger partial charge >= 0.3 is 6.01 Å². The van der Waals surface area contributed by atoms with Crippen LogP contribution in [0.1, 0.15) is 0 Å². The maximum absolute atomic E-state index is 11.9. The summed E-state index contributed by atoms with van der Waals surface area (Å²) in [5.74, 6) is 1.28. The minimum atomic E-state index is -0.263. The molecule has 100 valence electrons. The number of nitrogens with one attached hydrogen (secondary N) is 1. The topological polar surface area (TPSA) is 77.1 Å². The number of aromatic amines is 1. The predicted molar refractivity (Wildman–Crippen MR) is 73.2 cm³/mol. The van der Waals surface area contributed by atoms with Crippen LogP contribution in [-0.4, -0.2) is 22.1 Å². The zero-order chi connectivity index (χ0) is 13.9. The summed E-state index contributed by atoms with van der Waals surface area (Å²) in [5, 5.41) is 0.474. The third kappa shape index (κ3) is 2.31. The van der Waals surface area contributed by atoms with Gasteiger partial charge in [-0.1, -0.05) is 0 Å². The van der Waals surface area contributed by atoms with Gasteiger partial charge in [-0.15, -0.1) is 0 Å². The van der Waals surface area contributed by atoms with Crippen LogP contribution in [0, 0.1) is 0 Å². The van der Waals surface area contributed by atoms with Gasteiger partial charge in [-0.25, -0.2) is 0 Å². The summed E-state index contributed by atoms with van der Waals surface area (Å²) in [6, 6.07) is 8.71. The number of hydrogen-bond acceptors (Lipinski definition) is 5. The normalized spacial score (nSPS) is 10.4. The van der Waals surface area contributed by atoms with Crippen molar-refractivity contribution in [3.8, 4) is 17.5 Å². The van der Waals surface area contributed by atoms with E-state index in [-0.39, 0.29) is 11.6 Å². The Labute approximate surface area is 114 Å². The number of hydrogen-bond donors (Lipinski definition) is 1. The van der Waals surface area contributed by atoms with E-state index in [2.05, 4.69) is 15.0 Å². The van der Waals surface area contributed by atoms with Crippen LogP contribution in [0.3, 0.4) is 0 Å². The number of aromatic nitrogens is 3. The number of fused-ring (bicyclic) bond motifs is 1. The van der Waals surface area contributed by atoms with Crippen LogP contribution in [0.15, 0.2) is 47.5 Å². The van der Waals surface area contributed by atoms with Crippen molar-refractivity contribution < 1.29 is 9.47 Å². The molecule has 20 heavy (non-hydrogen) atoms. The van der Waals surface area contributed by atoms with E-state index in [1.807, 2.05) is 0 Å². The molecule has 0 fully saturated rings. The summed E-state index contributed by atoms with van der Waals surface area (Å²) >= 11 is 0. The molecule has 0 radical (unpaired) electrons. The SMILES string of the molecule is COc1ccc(Oc2nc3cnccc3c(=O)[nH]2)cc1. The van der Waals surface area contributed by atoms with Gasteiger partial charge in [0.05, 0.1) is 24.2 Å². The number of nitrogens with zero attached hydrogens (tertiary/aromatic N) is 2. The van der Waals surface area contributed by atoms with Gasteiger partial charge in [-0.3, -0.25) is 14.8 Å². The fourth-order valence-electron chi connectivity index (χ4n) is 1.77. The smallest absolute Gasteiger partial charge is 0.302 e. The molecule has 0 aliphatic heterocycles. The molecular weight excluding hydrogens is 258 g/mol. The first-order valence-electron chi connectivity index (χ1n) is 5.92. The number of benzene rings is 1. The summed E-state index contributed by atoms with van der Waals surface area (Å²) in [6.07, 6.45) is 3.06. The molecule has 2 heterocycles. The number of H-pyrrole nitrogens is 1. The van der Waals surface area contributed by atoms with E-state index in [0.29, 0.717) is 16.7 Å². The zero-order valence-corrected chi connectivity index (χ0v) is 10.7. The van der Waals surface area contributed by atoms with Crippen molar-refractivity contribution in [3.05, 3.63) is 53.1 Å².